The van der Waals surface area contributed by atoms with Crippen LogP contribution in [0.2, 0.25) is 0 Å². The van der Waals surface area contributed by atoms with Crippen molar-refractivity contribution in [1.82, 2.24) is 0 Å². The van der Waals surface area contributed by atoms with Crippen LogP contribution in [0.15, 0.2) is 28.7 Å². The van der Waals surface area contributed by atoms with Gasteiger partial charge in [-0.15, -0.1) is 0 Å². The van der Waals surface area contributed by atoms with Gasteiger partial charge < -0.3 is 14.9 Å². The maximum Gasteiger partial charge on any atom is 0.261 e. The lowest BCUT2D eigenvalue weighted by Crippen LogP contribution is -2.43. The van der Waals surface area contributed by atoms with Gasteiger partial charge in [0.1, 0.15) is 11.3 Å². The Morgan fingerprint density at radius 2 is 1.95 bits per heavy atom. The molecule has 0 spiro atoms. The lowest BCUT2D eigenvalue weighted by atomic mass is 10.1. The van der Waals surface area contributed by atoms with Gasteiger partial charge in [0.05, 0.1) is 5.39 Å². The van der Waals surface area contributed by atoms with E-state index in [0.29, 0.717) is 5.75 Å². The molecule has 0 fully saturated rings. The third kappa shape index (κ3) is 2.43. The second-order valence-electron chi connectivity index (χ2n) is 5.42. The summed E-state index contributed by atoms with van der Waals surface area (Å²) in [5.74, 6) is 0.989. The van der Waals surface area contributed by atoms with E-state index in [2.05, 4.69) is 0 Å². The van der Waals surface area contributed by atoms with Crippen molar-refractivity contribution in [3.8, 4) is 5.75 Å². The standard InChI is InChI=1S/C15H19NO3/c1-9(2)12-13(19-15(3,4)14(16)17)10-7-5-6-8-11(10)18-12/h5-9H,1-4H3,(H2,16,17). The predicted octanol–water partition coefficient (Wildman–Crippen LogP) is 3.20. The molecule has 2 aromatic rings. The average Bonchev–Trinajstić information content (AvgIpc) is 2.68. The second-order valence-corrected chi connectivity index (χ2v) is 5.42. The number of nitrogens with two attached hydrogens (primary N) is 1. The number of hydrogen-bond acceptors (Lipinski definition) is 3. The molecule has 4 heteroatoms. The normalized spacial score (nSPS) is 12.1. The largest absolute Gasteiger partial charge is 0.474 e. The first-order chi connectivity index (χ1) is 8.83. The molecule has 2 rings (SSSR count). The first-order valence-corrected chi connectivity index (χ1v) is 6.33. The van der Waals surface area contributed by atoms with E-state index < -0.39 is 11.5 Å². The number of ether oxygens (including phenoxy) is 1. The van der Waals surface area contributed by atoms with Crippen molar-refractivity contribution < 1.29 is 13.9 Å². The molecule has 1 amide bonds. The lowest BCUT2D eigenvalue weighted by molar-refractivity contribution is -0.130. The molecular weight excluding hydrogens is 242 g/mol. The third-order valence-electron chi connectivity index (χ3n) is 3.05. The highest BCUT2D eigenvalue weighted by Gasteiger charge is 2.31. The highest BCUT2D eigenvalue weighted by molar-refractivity contribution is 5.88. The summed E-state index contributed by atoms with van der Waals surface area (Å²) in [5.41, 5.74) is 5.04. The first-order valence-electron chi connectivity index (χ1n) is 6.33. The number of furan rings is 1. The van der Waals surface area contributed by atoms with Gasteiger partial charge in [-0.05, 0) is 26.0 Å². The predicted molar refractivity (Wildman–Crippen MR) is 74.2 cm³/mol. The molecule has 0 aliphatic heterocycles. The maximum absolute atomic E-state index is 11.4. The van der Waals surface area contributed by atoms with E-state index in [1.54, 1.807) is 13.8 Å². The van der Waals surface area contributed by atoms with Crippen molar-refractivity contribution in [2.75, 3.05) is 0 Å². The highest BCUT2D eigenvalue weighted by Crippen LogP contribution is 2.39. The van der Waals surface area contributed by atoms with Crippen LogP contribution in [-0.4, -0.2) is 11.5 Å². The zero-order chi connectivity index (χ0) is 14.2. The van der Waals surface area contributed by atoms with Crippen molar-refractivity contribution >= 4 is 16.9 Å². The average molecular weight is 261 g/mol. The van der Waals surface area contributed by atoms with E-state index in [4.69, 9.17) is 14.9 Å². The van der Waals surface area contributed by atoms with Crippen LogP contribution in [-0.2, 0) is 4.79 Å². The van der Waals surface area contributed by atoms with Gasteiger partial charge >= 0.3 is 0 Å². The van der Waals surface area contributed by atoms with Crippen LogP contribution in [0.4, 0.5) is 0 Å². The van der Waals surface area contributed by atoms with Crippen LogP contribution in [0.1, 0.15) is 39.4 Å². The quantitative estimate of drug-likeness (QED) is 0.919. The van der Waals surface area contributed by atoms with Crippen molar-refractivity contribution in [2.24, 2.45) is 5.73 Å². The molecule has 19 heavy (non-hydrogen) atoms. The number of carbonyl (C=O) groups is 1. The number of carbonyl (C=O) groups excluding carboxylic acids is 1. The monoisotopic (exact) mass is 261 g/mol. The Hall–Kier alpha value is -1.97. The van der Waals surface area contributed by atoms with Gasteiger partial charge in [-0.25, -0.2) is 0 Å². The molecular formula is C15H19NO3. The summed E-state index contributed by atoms with van der Waals surface area (Å²) >= 11 is 0. The number of para-hydroxylation sites is 1. The van der Waals surface area contributed by atoms with Crippen LogP contribution in [0.3, 0.4) is 0 Å². The van der Waals surface area contributed by atoms with Crippen molar-refractivity contribution in [3.05, 3.63) is 30.0 Å². The van der Waals surface area contributed by atoms with Gasteiger partial charge in [-0.1, -0.05) is 26.0 Å². The molecule has 0 atom stereocenters. The Balaban J connectivity index is 2.57. The number of primary amides is 1. The number of rotatable bonds is 4. The summed E-state index contributed by atoms with van der Waals surface area (Å²) in [7, 11) is 0. The van der Waals surface area contributed by atoms with Gasteiger partial charge in [0.25, 0.3) is 5.91 Å². The summed E-state index contributed by atoms with van der Waals surface area (Å²) in [6.45, 7) is 7.34. The molecule has 2 N–H and O–H groups in total. The van der Waals surface area contributed by atoms with E-state index >= 15 is 0 Å². The Labute approximate surface area is 112 Å². The van der Waals surface area contributed by atoms with Gasteiger partial charge in [0.15, 0.2) is 11.4 Å². The number of amides is 1. The Morgan fingerprint density at radius 1 is 1.32 bits per heavy atom. The van der Waals surface area contributed by atoms with Crippen molar-refractivity contribution in [3.63, 3.8) is 0 Å². The molecule has 4 nitrogen and oxygen atoms in total. The van der Waals surface area contributed by atoms with E-state index in [-0.39, 0.29) is 5.92 Å². The Kier molecular flexibility index (Phi) is 3.27. The van der Waals surface area contributed by atoms with Gasteiger partial charge in [0.2, 0.25) is 0 Å². The van der Waals surface area contributed by atoms with Gasteiger partial charge in [-0.3, -0.25) is 4.79 Å². The van der Waals surface area contributed by atoms with Crippen LogP contribution < -0.4 is 10.5 Å². The van der Waals surface area contributed by atoms with Crippen LogP contribution in [0, 0.1) is 0 Å². The summed E-state index contributed by atoms with van der Waals surface area (Å²) in [6, 6.07) is 7.60. The SMILES string of the molecule is CC(C)c1oc2ccccc2c1OC(C)(C)C(N)=O. The minimum atomic E-state index is -1.07. The maximum atomic E-state index is 11.4. The van der Waals surface area contributed by atoms with Gasteiger partial charge in [-0.2, -0.15) is 0 Å². The van der Waals surface area contributed by atoms with E-state index in [1.807, 2.05) is 38.1 Å². The third-order valence-corrected chi connectivity index (χ3v) is 3.05. The minimum Gasteiger partial charge on any atom is -0.474 e. The second kappa shape index (κ2) is 4.61. The van der Waals surface area contributed by atoms with Gasteiger partial charge in [0, 0.05) is 5.92 Å². The molecule has 1 aromatic heterocycles. The highest BCUT2D eigenvalue weighted by atomic mass is 16.5. The lowest BCUT2D eigenvalue weighted by Gasteiger charge is -2.23. The molecule has 0 aliphatic carbocycles. The van der Waals surface area contributed by atoms with Crippen molar-refractivity contribution in [2.45, 2.75) is 39.2 Å². The molecule has 102 valence electrons. The van der Waals surface area contributed by atoms with E-state index in [9.17, 15) is 4.79 Å². The number of hydrogen-bond donors (Lipinski definition) is 1. The minimum absolute atomic E-state index is 0.158. The molecule has 0 saturated heterocycles. The van der Waals surface area contributed by atoms with E-state index in [0.717, 1.165) is 16.7 Å². The smallest absolute Gasteiger partial charge is 0.261 e. The molecule has 0 bridgehead atoms. The zero-order valence-electron chi connectivity index (χ0n) is 11.7. The van der Waals surface area contributed by atoms with Crippen LogP contribution >= 0.6 is 0 Å². The zero-order valence-corrected chi connectivity index (χ0v) is 11.7. The Bertz CT molecular complexity index is 611. The molecule has 0 saturated carbocycles. The van der Waals surface area contributed by atoms with Crippen LogP contribution in [0.25, 0.3) is 11.0 Å². The summed E-state index contributed by atoms with van der Waals surface area (Å²) in [4.78, 5) is 11.4. The fourth-order valence-corrected chi connectivity index (χ4v) is 1.83. The summed E-state index contributed by atoms with van der Waals surface area (Å²) in [5, 5.41) is 0.862. The molecule has 0 radical (unpaired) electrons. The summed E-state index contributed by atoms with van der Waals surface area (Å²) < 4.78 is 11.6. The van der Waals surface area contributed by atoms with Crippen molar-refractivity contribution in [1.29, 1.82) is 0 Å². The van der Waals surface area contributed by atoms with Crippen LogP contribution in [0.5, 0.6) is 5.75 Å². The topological polar surface area (TPSA) is 65.5 Å². The number of benzene rings is 1. The van der Waals surface area contributed by atoms with E-state index in [1.165, 1.54) is 0 Å². The first kappa shape index (κ1) is 13.5. The fourth-order valence-electron chi connectivity index (χ4n) is 1.83. The summed E-state index contributed by atoms with van der Waals surface area (Å²) in [6.07, 6.45) is 0. The molecule has 0 unspecified atom stereocenters. The molecule has 1 heterocycles. The molecule has 1 aromatic carbocycles. The number of fused-ring (bicyclic) bond motifs is 1. The fraction of sp³-hybridized carbons (Fsp3) is 0.400. The Morgan fingerprint density at radius 3 is 2.53 bits per heavy atom. The molecule has 0 aliphatic rings.